The summed E-state index contributed by atoms with van der Waals surface area (Å²) >= 11 is 3.10. The molecular weight excluding hydrogens is 342 g/mol. The third kappa shape index (κ3) is 2.28. The number of aromatic nitrogens is 2. The maximum absolute atomic E-state index is 11.9. The van der Waals surface area contributed by atoms with Crippen LogP contribution in [0.3, 0.4) is 0 Å². The second-order valence-electron chi connectivity index (χ2n) is 4.08. The van der Waals surface area contributed by atoms with Crippen LogP contribution in [0.2, 0.25) is 0 Å². The molecule has 0 amide bonds. The molecule has 1 aliphatic rings. The largest absolute Gasteiger partial charge is 0.394 e. The molecule has 4 atom stereocenters. The molecule has 1 aromatic heterocycles. The zero-order valence-electron chi connectivity index (χ0n) is 9.83. The van der Waals surface area contributed by atoms with E-state index in [4.69, 9.17) is 9.84 Å². The third-order valence-electron chi connectivity index (χ3n) is 2.89. The summed E-state index contributed by atoms with van der Waals surface area (Å²) in [5.74, 6) is 0. The maximum Gasteiger partial charge on any atom is 0.394 e. The van der Waals surface area contributed by atoms with E-state index >= 15 is 0 Å². The summed E-state index contributed by atoms with van der Waals surface area (Å²) < 4.78 is 5.80. The van der Waals surface area contributed by atoms with Gasteiger partial charge in [-0.2, -0.15) is 0 Å². The molecule has 2 rings (SSSR count). The molecule has 1 fully saturated rings. The van der Waals surface area contributed by atoms with E-state index in [1.165, 1.54) is 0 Å². The Morgan fingerprint density at radius 1 is 1.50 bits per heavy atom. The van der Waals surface area contributed by atoms with Crippen LogP contribution in [-0.4, -0.2) is 48.1 Å². The van der Waals surface area contributed by atoms with Gasteiger partial charge in [0.25, 0.3) is 0 Å². The van der Waals surface area contributed by atoms with Crippen molar-refractivity contribution in [2.24, 2.45) is 0 Å². The third-order valence-corrected chi connectivity index (χ3v) is 4.03. The molecule has 0 aromatic carbocycles. The van der Waals surface area contributed by atoms with Crippen molar-refractivity contribution in [3.8, 4) is 0 Å². The maximum atomic E-state index is 11.9. The van der Waals surface area contributed by atoms with Crippen LogP contribution in [-0.2, 0) is 4.74 Å². The highest BCUT2D eigenvalue weighted by Crippen LogP contribution is 2.32. The fourth-order valence-electron chi connectivity index (χ4n) is 1.91. The molecule has 11 heteroatoms. The lowest BCUT2D eigenvalue weighted by molar-refractivity contribution is -0.549. The Labute approximate surface area is 119 Å². The van der Waals surface area contributed by atoms with Crippen molar-refractivity contribution in [3.05, 3.63) is 43.2 Å². The predicted octanol–water partition coefficient (Wildman–Crippen LogP) is -1.94. The van der Waals surface area contributed by atoms with Gasteiger partial charge >= 0.3 is 11.2 Å². The fraction of sp³-hybridized carbons (Fsp3) is 0.556. The highest BCUT2D eigenvalue weighted by atomic mass is 79.9. The van der Waals surface area contributed by atoms with Crippen LogP contribution in [0.15, 0.2) is 21.9 Å². The zero-order valence-corrected chi connectivity index (χ0v) is 11.4. The van der Waals surface area contributed by atoms with Crippen molar-refractivity contribution in [2.75, 3.05) is 6.61 Å². The van der Waals surface area contributed by atoms with Crippen molar-refractivity contribution in [1.82, 2.24) is 9.24 Å². The number of hydrogen-bond donors (Lipinski definition) is 2. The predicted molar refractivity (Wildman–Crippen MR) is 67.1 cm³/mol. The molecule has 0 radical (unpaired) electrons. The molecule has 1 aromatic rings. The average molecular weight is 352 g/mol. The van der Waals surface area contributed by atoms with Gasteiger partial charge in [0.1, 0.15) is 6.10 Å². The van der Waals surface area contributed by atoms with Gasteiger partial charge in [-0.25, -0.2) is 14.9 Å². The number of nitrogens with zero attached hydrogens (tertiary/aromatic N) is 3. The zero-order chi connectivity index (χ0) is 15.0. The van der Waals surface area contributed by atoms with Crippen LogP contribution in [0.25, 0.3) is 0 Å². The molecule has 0 bridgehead atoms. The number of aliphatic hydroxyl groups excluding tert-OH is 2. The van der Waals surface area contributed by atoms with Crippen molar-refractivity contribution in [2.45, 2.75) is 23.3 Å². The SMILES string of the molecule is O=c1ccn([C@@H]2O[C@H](CO)[C@H](Br)[C@H]2O)c(=O)n1[N+](=O)[O-]. The van der Waals surface area contributed by atoms with Gasteiger partial charge in [0.05, 0.1) is 17.5 Å². The standard InChI is InChI=1S/C9H10BrN3O7/c10-6-4(3-14)20-8(7(6)16)11-2-1-5(15)12(9(11)17)13(18)19/h1-2,4,6-8,14,16H,3H2/t4-,6+,7-,8-/m1/s1. The number of rotatable bonds is 3. The summed E-state index contributed by atoms with van der Waals surface area (Å²) in [5.41, 5.74) is -2.34. The van der Waals surface area contributed by atoms with Gasteiger partial charge < -0.3 is 14.9 Å². The van der Waals surface area contributed by atoms with Crippen molar-refractivity contribution in [1.29, 1.82) is 0 Å². The number of halogens is 1. The van der Waals surface area contributed by atoms with Crippen molar-refractivity contribution in [3.63, 3.8) is 0 Å². The monoisotopic (exact) mass is 351 g/mol. The Morgan fingerprint density at radius 2 is 2.15 bits per heavy atom. The van der Waals surface area contributed by atoms with Gasteiger partial charge in [0.15, 0.2) is 11.3 Å². The number of hydrogen-bond acceptors (Lipinski definition) is 7. The minimum Gasteiger partial charge on any atom is -0.394 e. The topological polar surface area (TPSA) is 137 Å². The number of nitro groups is 1. The van der Waals surface area contributed by atoms with E-state index in [2.05, 4.69) is 15.9 Å². The molecule has 0 unspecified atom stereocenters. The van der Waals surface area contributed by atoms with Gasteiger partial charge in [-0.3, -0.25) is 9.36 Å². The molecule has 0 aliphatic carbocycles. The minimum atomic E-state index is -1.25. The second kappa shape index (κ2) is 5.44. The smallest absolute Gasteiger partial charge is 0.394 e. The molecule has 0 saturated carbocycles. The normalized spacial score (nSPS) is 29.6. The van der Waals surface area contributed by atoms with Gasteiger partial charge in [-0.05, 0) is 0 Å². The number of aliphatic hydroxyl groups is 2. The summed E-state index contributed by atoms with van der Waals surface area (Å²) in [7, 11) is 0. The average Bonchev–Trinajstić information content (AvgIpc) is 2.66. The van der Waals surface area contributed by atoms with Crippen LogP contribution in [0.1, 0.15) is 6.23 Å². The fourth-order valence-corrected chi connectivity index (χ4v) is 2.46. The summed E-state index contributed by atoms with van der Waals surface area (Å²) in [6.45, 7) is -0.410. The van der Waals surface area contributed by atoms with Gasteiger partial charge in [-0.15, -0.1) is 0 Å². The van der Waals surface area contributed by atoms with E-state index in [1.54, 1.807) is 0 Å². The summed E-state index contributed by atoms with van der Waals surface area (Å²) in [4.78, 5) is 33.2. The number of alkyl halides is 1. The Hall–Kier alpha value is -1.56. The van der Waals surface area contributed by atoms with Gasteiger partial charge in [-0.1, -0.05) is 15.9 Å². The van der Waals surface area contributed by atoms with Gasteiger partial charge in [0.2, 0.25) is 0 Å². The lowest BCUT2D eigenvalue weighted by Gasteiger charge is -2.16. The van der Waals surface area contributed by atoms with E-state index in [1.807, 2.05) is 0 Å². The van der Waals surface area contributed by atoms with E-state index in [0.29, 0.717) is 0 Å². The molecule has 110 valence electrons. The number of ether oxygens (including phenoxy) is 1. The van der Waals surface area contributed by atoms with Crippen LogP contribution < -0.4 is 11.2 Å². The Kier molecular flexibility index (Phi) is 4.04. The Morgan fingerprint density at radius 3 is 2.65 bits per heavy atom. The van der Waals surface area contributed by atoms with Crippen LogP contribution in [0, 0.1) is 10.1 Å². The van der Waals surface area contributed by atoms with Crippen LogP contribution >= 0.6 is 15.9 Å². The van der Waals surface area contributed by atoms with Crippen LogP contribution in [0.5, 0.6) is 0 Å². The van der Waals surface area contributed by atoms with Crippen molar-refractivity contribution >= 4 is 15.9 Å². The lowest BCUT2D eigenvalue weighted by atomic mass is 10.2. The molecule has 2 N–H and O–H groups in total. The molecule has 1 saturated heterocycles. The van der Waals surface area contributed by atoms with Gasteiger partial charge in [0, 0.05) is 16.9 Å². The molecule has 2 heterocycles. The lowest BCUT2D eigenvalue weighted by Crippen LogP contribution is -2.45. The van der Waals surface area contributed by atoms with E-state index in [-0.39, 0.29) is 4.68 Å². The first-order chi connectivity index (χ1) is 9.38. The molecule has 0 spiro atoms. The Bertz CT molecular complexity index is 641. The highest BCUT2D eigenvalue weighted by Gasteiger charge is 2.43. The minimum absolute atomic E-state index is 0.189. The van der Waals surface area contributed by atoms with E-state index in [9.17, 15) is 24.8 Å². The first-order valence-electron chi connectivity index (χ1n) is 5.45. The summed E-state index contributed by atoms with van der Waals surface area (Å²) in [5, 5.41) is 28.5. The summed E-state index contributed by atoms with van der Waals surface area (Å²) in [6.07, 6.45) is -2.24. The van der Waals surface area contributed by atoms with Crippen molar-refractivity contribution < 1.29 is 20.0 Å². The highest BCUT2D eigenvalue weighted by molar-refractivity contribution is 9.09. The molecule has 20 heavy (non-hydrogen) atoms. The van der Waals surface area contributed by atoms with Crippen LogP contribution in [0.4, 0.5) is 0 Å². The quantitative estimate of drug-likeness (QED) is 0.367. The second-order valence-corrected chi connectivity index (χ2v) is 5.13. The Balaban J connectivity index is 2.50. The van der Waals surface area contributed by atoms with E-state index < -0.39 is 46.2 Å². The first kappa shape index (κ1) is 14.8. The molecular formula is C9H10BrN3O7. The first-order valence-corrected chi connectivity index (χ1v) is 6.37. The molecule has 1 aliphatic heterocycles. The molecule has 10 nitrogen and oxygen atoms in total. The summed E-state index contributed by atoms with van der Waals surface area (Å²) in [6, 6.07) is 0.815. The van der Waals surface area contributed by atoms with E-state index in [0.717, 1.165) is 16.8 Å².